The molecule has 2 aliphatic heterocycles. The minimum atomic E-state index is 0.0590. The highest BCUT2D eigenvalue weighted by Gasteiger charge is 2.22. The van der Waals surface area contributed by atoms with Crippen LogP contribution in [0.3, 0.4) is 0 Å². The summed E-state index contributed by atoms with van der Waals surface area (Å²) >= 11 is 0. The number of carbonyl (C=O) groups is 1. The van der Waals surface area contributed by atoms with E-state index < -0.39 is 0 Å². The lowest BCUT2D eigenvalue weighted by atomic mass is 9.99. The predicted octanol–water partition coefficient (Wildman–Crippen LogP) is 2.34. The quantitative estimate of drug-likeness (QED) is 0.838. The first-order valence-corrected chi connectivity index (χ1v) is 8.10. The average molecular weight is 288 g/mol. The average Bonchev–Trinajstić information content (AvgIpc) is 2.56. The largest absolute Gasteiger partial charge is 0.356 e. The topological polar surface area (TPSA) is 49.3 Å². The van der Waals surface area contributed by atoms with Crippen LogP contribution in [0.15, 0.2) is 12.4 Å². The Kier molecular flexibility index (Phi) is 4.36. The minimum Gasteiger partial charge on any atom is -0.356 e. The van der Waals surface area contributed by atoms with Crippen LogP contribution in [0, 0.1) is 5.92 Å². The lowest BCUT2D eigenvalue weighted by Crippen LogP contribution is -2.37. The third-order valence-corrected chi connectivity index (χ3v) is 4.62. The Hall–Kier alpha value is -1.65. The van der Waals surface area contributed by atoms with E-state index in [4.69, 9.17) is 0 Å². The van der Waals surface area contributed by atoms with Crippen molar-refractivity contribution < 1.29 is 4.79 Å². The van der Waals surface area contributed by atoms with Gasteiger partial charge in [0.25, 0.3) is 5.91 Å². The highest BCUT2D eigenvalue weighted by atomic mass is 16.2. The first kappa shape index (κ1) is 14.3. The molecule has 2 saturated heterocycles. The molecule has 0 bridgehead atoms. The fraction of sp³-hybridized carbons (Fsp3) is 0.688. The van der Waals surface area contributed by atoms with Crippen LogP contribution in [0.25, 0.3) is 0 Å². The van der Waals surface area contributed by atoms with Crippen LogP contribution in [0.4, 0.5) is 5.82 Å². The van der Waals surface area contributed by atoms with E-state index in [0.29, 0.717) is 5.69 Å². The summed E-state index contributed by atoms with van der Waals surface area (Å²) in [4.78, 5) is 25.3. The second kappa shape index (κ2) is 6.41. The van der Waals surface area contributed by atoms with E-state index in [9.17, 15) is 4.79 Å². The summed E-state index contributed by atoms with van der Waals surface area (Å²) < 4.78 is 0. The van der Waals surface area contributed by atoms with Crippen molar-refractivity contribution in [3.8, 4) is 0 Å². The van der Waals surface area contributed by atoms with Crippen molar-refractivity contribution in [3.63, 3.8) is 0 Å². The third kappa shape index (κ3) is 3.34. The van der Waals surface area contributed by atoms with Gasteiger partial charge in [-0.2, -0.15) is 0 Å². The molecule has 2 fully saturated rings. The number of amides is 1. The standard InChI is InChI=1S/C16H24N4O/c1-13-5-9-19(10-6-13)15-11-14(17-12-18-15)16(21)20-7-3-2-4-8-20/h11-13H,2-10H2,1H3. The molecular formula is C16H24N4O. The molecule has 0 N–H and O–H groups in total. The van der Waals surface area contributed by atoms with Crippen molar-refractivity contribution in [3.05, 3.63) is 18.1 Å². The van der Waals surface area contributed by atoms with E-state index in [2.05, 4.69) is 21.8 Å². The molecule has 0 aromatic carbocycles. The fourth-order valence-electron chi connectivity index (χ4n) is 3.13. The summed E-state index contributed by atoms with van der Waals surface area (Å²) in [5.41, 5.74) is 0.542. The van der Waals surface area contributed by atoms with E-state index in [-0.39, 0.29) is 5.91 Å². The van der Waals surface area contributed by atoms with Crippen LogP contribution in [-0.2, 0) is 0 Å². The van der Waals surface area contributed by atoms with Gasteiger partial charge in [0, 0.05) is 32.2 Å². The van der Waals surface area contributed by atoms with Gasteiger partial charge in [0.2, 0.25) is 0 Å². The molecule has 5 nitrogen and oxygen atoms in total. The second-order valence-corrected chi connectivity index (χ2v) is 6.28. The van der Waals surface area contributed by atoms with Crippen molar-refractivity contribution in [2.24, 2.45) is 5.92 Å². The number of nitrogens with zero attached hydrogens (tertiary/aromatic N) is 4. The first-order valence-electron chi connectivity index (χ1n) is 8.10. The molecule has 0 unspecified atom stereocenters. The Morgan fingerprint density at radius 2 is 1.81 bits per heavy atom. The third-order valence-electron chi connectivity index (χ3n) is 4.62. The van der Waals surface area contributed by atoms with Gasteiger partial charge in [-0.25, -0.2) is 9.97 Å². The Labute approximate surface area is 126 Å². The molecule has 1 aromatic rings. The van der Waals surface area contributed by atoms with Gasteiger partial charge in [0.1, 0.15) is 17.8 Å². The lowest BCUT2D eigenvalue weighted by molar-refractivity contribution is 0.0718. The zero-order chi connectivity index (χ0) is 14.7. The van der Waals surface area contributed by atoms with Gasteiger partial charge in [0.15, 0.2) is 0 Å². The molecule has 3 heterocycles. The van der Waals surface area contributed by atoms with Crippen LogP contribution in [0.1, 0.15) is 49.5 Å². The number of piperidine rings is 2. The van der Waals surface area contributed by atoms with E-state index in [1.165, 1.54) is 25.6 Å². The van der Waals surface area contributed by atoms with Crippen molar-refractivity contribution in [2.45, 2.75) is 39.0 Å². The number of aromatic nitrogens is 2. The molecule has 1 aromatic heterocycles. The van der Waals surface area contributed by atoms with Crippen molar-refractivity contribution in [1.82, 2.24) is 14.9 Å². The first-order chi connectivity index (χ1) is 10.2. The number of hydrogen-bond donors (Lipinski definition) is 0. The van der Waals surface area contributed by atoms with Crippen molar-refractivity contribution in [2.75, 3.05) is 31.1 Å². The summed E-state index contributed by atoms with van der Waals surface area (Å²) in [6.45, 7) is 6.06. The Morgan fingerprint density at radius 3 is 2.52 bits per heavy atom. The van der Waals surface area contributed by atoms with Crippen LogP contribution >= 0.6 is 0 Å². The SMILES string of the molecule is CC1CCN(c2cc(C(=O)N3CCCCC3)ncn2)CC1. The van der Waals surface area contributed by atoms with Crippen LogP contribution in [0.5, 0.6) is 0 Å². The van der Waals surface area contributed by atoms with Gasteiger partial charge in [-0.1, -0.05) is 6.92 Å². The van der Waals surface area contributed by atoms with Gasteiger partial charge in [0.05, 0.1) is 0 Å². The monoisotopic (exact) mass is 288 g/mol. The summed E-state index contributed by atoms with van der Waals surface area (Å²) in [5.74, 6) is 1.75. The van der Waals surface area contributed by atoms with Gasteiger partial charge >= 0.3 is 0 Å². The lowest BCUT2D eigenvalue weighted by Gasteiger charge is -2.31. The molecule has 2 aliphatic rings. The smallest absolute Gasteiger partial charge is 0.272 e. The van der Waals surface area contributed by atoms with Gasteiger partial charge in [-0.15, -0.1) is 0 Å². The maximum absolute atomic E-state index is 12.5. The Bertz CT molecular complexity index is 491. The Morgan fingerprint density at radius 1 is 1.10 bits per heavy atom. The zero-order valence-corrected chi connectivity index (χ0v) is 12.8. The van der Waals surface area contributed by atoms with E-state index in [0.717, 1.165) is 50.8 Å². The van der Waals surface area contributed by atoms with Gasteiger partial charge < -0.3 is 9.80 Å². The van der Waals surface area contributed by atoms with Crippen LogP contribution in [0.2, 0.25) is 0 Å². The highest BCUT2D eigenvalue weighted by Crippen LogP contribution is 2.22. The van der Waals surface area contributed by atoms with Crippen LogP contribution < -0.4 is 4.90 Å². The summed E-state index contributed by atoms with van der Waals surface area (Å²) in [5, 5.41) is 0. The number of hydrogen-bond acceptors (Lipinski definition) is 4. The van der Waals surface area contributed by atoms with Gasteiger partial charge in [-0.05, 0) is 38.0 Å². The minimum absolute atomic E-state index is 0.0590. The number of likely N-dealkylation sites (tertiary alicyclic amines) is 1. The molecule has 0 aliphatic carbocycles. The number of rotatable bonds is 2. The molecule has 0 radical (unpaired) electrons. The summed E-state index contributed by atoms with van der Waals surface area (Å²) in [6, 6.07) is 1.87. The van der Waals surface area contributed by atoms with Crippen molar-refractivity contribution >= 4 is 11.7 Å². The van der Waals surface area contributed by atoms with Crippen molar-refractivity contribution in [1.29, 1.82) is 0 Å². The maximum Gasteiger partial charge on any atom is 0.272 e. The van der Waals surface area contributed by atoms with E-state index >= 15 is 0 Å². The predicted molar refractivity (Wildman–Crippen MR) is 82.4 cm³/mol. The molecule has 5 heteroatoms. The molecule has 3 rings (SSSR count). The molecule has 21 heavy (non-hydrogen) atoms. The van der Waals surface area contributed by atoms with Crippen LogP contribution in [-0.4, -0.2) is 47.0 Å². The molecule has 0 saturated carbocycles. The van der Waals surface area contributed by atoms with Gasteiger partial charge in [-0.3, -0.25) is 4.79 Å². The molecular weight excluding hydrogens is 264 g/mol. The Balaban J connectivity index is 1.71. The highest BCUT2D eigenvalue weighted by molar-refractivity contribution is 5.93. The fourth-order valence-corrected chi connectivity index (χ4v) is 3.13. The number of anilines is 1. The summed E-state index contributed by atoms with van der Waals surface area (Å²) in [7, 11) is 0. The summed E-state index contributed by atoms with van der Waals surface area (Å²) in [6.07, 6.45) is 7.36. The second-order valence-electron chi connectivity index (χ2n) is 6.28. The maximum atomic E-state index is 12.5. The molecule has 114 valence electrons. The molecule has 0 spiro atoms. The molecule has 0 atom stereocenters. The normalized spacial score (nSPS) is 20.6. The number of carbonyl (C=O) groups excluding carboxylic acids is 1. The molecule has 1 amide bonds. The zero-order valence-electron chi connectivity index (χ0n) is 12.8. The van der Waals surface area contributed by atoms with E-state index in [1.54, 1.807) is 0 Å². The van der Waals surface area contributed by atoms with E-state index in [1.807, 2.05) is 11.0 Å².